The fourth-order valence-electron chi connectivity index (χ4n) is 2.94. The number of nitrogens with zero attached hydrogens (tertiary/aromatic N) is 2. The molecule has 1 N–H and O–H groups in total. The first-order valence-electron chi connectivity index (χ1n) is 8.38. The minimum atomic E-state index is 0.751. The van der Waals surface area contributed by atoms with Crippen molar-refractivity contribution in [3.8, 4) is 0 Å². The molecule has 0 bridgehead atoms. The van der Waals surface area contributed by atoms with Gasteiger partial charge in [0, 0.05) is 16.8 Å². The van der Waals surface area contributed by atoms with Gasteiger partial charge in [-0.2, -0.15) is 0 Å². The molecule has 4 rings (SSSR count). The van der Waals surface area contributed by atoms with Crippen LogP contribution in [-0.2, 0) is 0 Å². The molecule has 0 radical (unpaired) electrons. The third-order valence-electron chi connectivity index (χ3n) is 4.38. The molecule has 0 aromatic heterocycles. The SMILES string of the molecule is Cc1ccccc1N=C1N=C(Nc2ccccc2C)c2ccccc21. The van der Waals surface area contributed by atoms with Gasteiger partial charge in [0.2, 0.25) is 0 Å². The zero-order chi connectivity index (χ0) is 17.2. The summed E-state index contributed by atoms with van der Waals surface area (Å²) >= 11 is 0. The fourth-order valence-corrected chi connectivity index (χ4v) is 2.94. The highest BCUT2D eigenvalue weighted by Crippen LogP contribution is 2.26. The Labute approximate surface area is 147 Å². The second-order valence-electron chi connectivity index (χ2n) is 6.17. The molecule has 0 aliphatic carbocycles. The quantitative estimate of drug-likeness (QED) is 0.686. The minimum absolute atomic E-state index is 0.751. The second kappa shape index (κ2) is 6.36. The summed E-state index contributed by atoms with van der Waals surface area (Å²) in [5.74, 6) is 1.60. The lowest BCUT2D eigenvalue weighted by Crippen LogP contribution is -2.12. The van der Waals surface area contributed by atoms with Crippen LogP contribution < -0.4 is 5.32 Å². The van der Waals surface area contributed by atoms with Crippen LogP contribution >= 0.6 is 0 Å². The lowest BCUT2D eigenvalue weighted by Gasteiger charge is -2.09. The normalized spacial score (nSPS) is 14.3. The van der Waals surface area contributed by atoms with Gasteiger partial charge < -0.3 is 5.32 Å². The Morgan fingerprint density at radius 3 is 2.12 bits per heavy atom. The van der Waals surface area contributed by atoms with Crippen LogP contribution in [0.5, 0.6) is 0 Å². The van der Waals surface area contributed by atoms with Gasteiger partial charge in [-0.3, -0.25) is 0 Å². The van der Waals surface area contributed by atoms with Crippen molar-refractivity contribution in [1.82, 2.24) is 0 Å². The maximum absolute atomic E-state index is 4.80. The lowest BCUT2D eigenvalue weighted by atomic mass is 10.1. The predicted octanol–water partition coefficient (Wildman–Crippen LogP) is 5.25. The Kier molecular flexibility index (Phi) is 3.90. The Hall–Kier alpha value is -3.20. The van der Waals surface area contributed by atoms with E-state index in [4.69, 9.17) is 9.98 Å². The molecule has 25 heavy (non-hydrogen) atoms. The molecule has 0 spiro atoms. The van der Waals surface area contributed by atoms with E-state index < -0.39 is 0 Å². The van der Waals surface area contributed by atoms with E-state index in [0.29, 0.717) is 0 Å². The monoisotopic (exact) mass is 325 g/mol. The molecule has 3 nitrogen and oxygen atoms in total. The van der Waals surface area contributed by atoms with Gasteiger partial charge in [0.05, 0.1) is 5.69 Å². The highest BCUT2D eigenvalue weighted by atomic mass is 15.1. The van der Waals surface area contributed by atoms with Crippen LogP contribution in [0.2, 0.25) is 0 Å². The van der Waals surface area contributed by atoms with E-state index in [1.54, 1.807) is 0 Å². The number of fused-ring (bicyclic) bond motifs is 1. The smallest absolute Gasteiger partial charge is 0.162 e. The highest BCUT2D eigenvalue weighted by Gasteiger charge is 2.21. The van der Waals surface area contributed by atoms with E-state index in [0.717, 1.165) is 39.7 Å². The molecule has 1 heterocycles. The van der Waals surface area contributed by atoms with Gasteiger partial charge in [0.25, 0.3) is 0 Å². The molecule has 0 unspecified atom stereocenters. The summed E-state index contributed by atoms with van der Waals surface area (Å²) < 4.78 is 0. The molecule has 0 amide bonds. The zero-order valence-corrected chi connectivity index (χ0v) is 14.3. The standard InChI is InChI=1S/C22H19N3/c1-15-9-3-7-13-19(15)23-21-17-11-5-6-12-18(17)22(25-21)24-20-14-8-4-10-16(20)2/h3-14H,1-2H3,(H,23,24,25). The van der Waals surface area contributed by atoms with Gasteiger partial charge in [-0.05, 0) is 37.1 Å². The Balaban J connectivity index is 1.78. The summed E-state index contributed by atoms with van der Waals surface area (Å²) in [7, 11) is 0. The van der Waals surface area contributed by atoms with Crippen LogP contribution in [0, 0.1) is 13.8 Å². The maximum Gasteiger partial charge on any atom is 0.162 e. The van der Waals surface area contributed by atoms with E-state index in [2.05, 4.69) is 49.5 Å². The first kappa shape index (κ1) is 15.3. The first-order valence-corrected chi connectivity index (χ1v) is 8.38. The van der Waals surface area contributed by atoms with Gasteiger partial charge >= 0.3 is 0 Å². The van der Waals surface area contributed by atoms with Gasteiger partial charge in [0.1, 0.15) is 5.84 Å². The third kappa shape index (κ3) is 2.96. The van der Waals surface area contributed by atoms with Crippen molar-refractivity contribution in [3.05, 3.63) is 95.1 Å². The van der Waals surface area contributed by atoms with Crippen LogP contribution in [0.1, 0.15) is 22.3 Å². The summed E-state index contributed by atoms with van der Waals surface area (Å²) in [6, 6.07) is 24.5. The van der Waals surface area contributed by atoms with Crippen molar-refractivity contribution in [1.29, 1.82) is 0 Å². The Morgan fingerprint density at radius 1 is 0.720 bits per heavy atom. The van der Waals surface area contributed by atoms with Gasteiger partial charge in [-0.1, -0.05) is 60.7 Å². The van der Waals surface area contributed by atoms with Crippen molar-refractivity contribution in [2.75, 3.05) is 5.32 Å². The molecular weight excluding hydrogens is 306 g/mol. The van der Waals surface area contributed by atoms with Crippen LogP contribution in [0.15, 0.2) is 82.8 Å². The number of aryl methyl sites for hydroxylation is 2. The van der Waals surface area contributed by atoms with Crippen LogP contribution in [-0.4, -0.2) is 11.7 Å². The molecule has 0 fully saturated rings. The number of anilines is 1. The highest BCUT2D eigenvalue weighted by molar-refractivity contribution is 6.26. The molecule has 3 aromatic carbocycles. The zero-order valence-electron chi connectivity index (χ0n) is 14.3. The van der Waals surface area contributed by atoms with Crippen LogP contribution in [0.3, 0.4) is 0 Å². The number of benzene rings is 3. The largest absolute Gasteiger partial charge is 0.339 e. The number of aliphatic imine (C=N–C) groups is 2. The Bertz CT molecular complexity index is 999. The predicted molar refractivity (Wildman–Crippen MR) is 105 cm³/mol. The third-order valence-corrected chi connectivity index (χ3v) is 4.38. The van der Waals surface area contributed by atoms with Crippen molar-refractivity contribution in [2.24, 2.45) is 9.98 Å². The van der Waals surface area contributed by atoms with E-state index in [1.165, 1.54) is 5.56 Å². The topological polar surface area (TPSA) is 36.8 Å². The Morgan fingerprint density at radius 2 is 1.36 bits per heavy atom. The van der Waals surface area contributed by atoms with Gasteiger partial charge in [-0.15, -0.1) is 0 Å². The molecule has 0 atom stereocenters. The van der Waals surface area contributed by atoms with Crippen molar-refractivity contribution in [2.45, 2.75) is 13.8 Å². The van der Waals surface area contributed by atoms with Gasteiger partial charge in [0.15, 0.2) is 5.84 Å². The van der Waals surface area contributed by atoms with E-state index in [1.807, 2.05) is 42.5 Å². The average Bonchev–Trinajstić information content (AvgIpc) is 2.97. The van der Waals surface area contributed by atoms with Crippen molar-refractivity contribution >= 4 is 23.0 Å². The van der Waals surface area contributed by atoms with Crippen molar-refractivity contribution < 1.29 is 0 Å². The number of rotatable bonds is 2. The summed E-state index contributed by atoms with van der Waals surface area (Å²) in [4.78, 5) is 9.59. The number of para-hydroxylation sites is 2. The summed E-state index contributed by atoms with van der Waals surface area (Å²) in [5.41, 5.74) is 6.48. The summed E-state index contributed by atoms with van der Waals surface area (Å²) in [5, 5.41) is 3.46. The van der Waals surface area contributed by atoms with Gasteiger partial charge in [-0.25, -0.2) is 9.98 Å². The van der Waals surface area contributed by atoms with E-state index in [-0.39, 0.29) is 0 Å². The lowest BCUT2D eigenvalue weighted by molar-refractivity contribution is 1.38. The molecule has 0 saturated heterocycles. The molecule has 0 saturated carbocycles. The van der Waals surface area contributed by atoms with E-state index in [9.17, 15) is 0 Å². The molecule has 122 valence electrons. The number of nitrogens with one attached hydrogen (secondary N) is 1. The molecule has 1 aliphatic heterocycles. The van der Waals surface area contributed by atoms with Crippen LogP contribution in [0.25, 0.3) is 0 Å². The minimum Gasteiger partial charge on any atom is -0.339 e. The maximum atomic E-state index is 4.80. The van der Waals surface area contributed by atoms with Crippen LogP contribution in [0.4, 0.5) is 11.4 Å². The summed E-state index contributed by atoms with van der Waals surface area (Å²) in [6.45, 7) is 4.16. The van der Waals surface area contributed by atoms with E-state index >= 15 is 0 Å². The molecule has 3 heteroatoms. The average molecular weight is 325 g/mol. The second-order valence-corrected chi connectivity index (χ2v) is 6.17. The summed E-state index contributed by atoms with van der Waals surface area (Å²) in [6.07, 6.45) is 0. The molecule has 3 aromatic rings. The fraction of sp³-hybridized carbons (Fsp3) is 0.0909. The van der Waals surface area contributed by atoms with Crippen molar-refractivity contribution in [3.63, 3.8) is 0 Å². The number of hydrogen-bond acceptors (Lipinski definition) is 2. The number of amidine groups is 2. The first-order chi connectivity index (χ1) is 12.2. The number of hydrogen-bond donors (Lipinski definition) is 1. The molecule has 1 aliphatic rings. The molecular formula is C22H19N3.